The van der Waals surface area contributed by atoms with Crippen molar-refractivity contribution < 1.29 is 4.74 Å². The molecule has 0 bridgehead atoms. The van der Waals surface area contributed by atoms with Crippen LogP contribution in [0.15, 0.2) is 36.5 Å². The van der Waals surface area contributed by atoms with Crippen molar-refractivity contribution in [3.63, 3.8) is 0 Å². The van der Waals surface area contributed by atoms with Gasteiger partial charge in [0.2, 0.25) is 0 Å². The largest absolute Gasteiger partial charge is 0.489 e. The third-order valence-corrected chi connectivity index (χ3v) is 2.81. The number of pyridine rings is 1. The maximum absolute atomic E-state index is 8.77. The third kappa shape index (κ3) is 3.13. The van der Waals surface area contributed by atoms with Gasteiger partial charge in [-0.3, -0.25) is 0 Å². The molecule has 2 rings (SSSR count). The van der Waals surface area contributed by atoms with Crippen LogP contribution in [0.3, 0.4) is 0 Å². The molecule has 1 aromatic carbocycles. The zero-order valence-corrected chi connectivity index (χ0v) is 10.7. The van der Waals surface area contributed by atoms with Crippen LogP contribution in [0, 0.1) is 11.3 Å². The van der Waals surface area contributed by atoms with Gasteiger partial charge in [0, 0.05) is 11.8 Å². The Balaban J connectivity index is 2.09. The van der Waals surface area contributed by atoms with Crippen molar-refractivity contribution in [2.24, 2.45) is 0 Å². The smallest absolute Gasteiger partial charge is 0.130 e. The molecule has 0 saturated carbocycles. The minimum atomic E-state index is 0.276. The van der Waals surface area contributed by atoms with Gasteiger partial charge in [0.1, 0.15) is 17.5 Å². The van der Waals surface area contributed by atoms with E-state index in [1.165, 1.54) is 0 Å². The number of nitriles is 1. The molecule has 0 fully saturated rings. The van der Waals surface area contributed by atoms with E-state index in [1.807, 2.05) is 6.07 Å². The Morgan fingerprint density at radius 2 is 2.11 bits per heavy atom. The first-order valence-electron chi connectivity index (χ1n) is 5.12. The van der Waals surface area contributed by atoms with Crippen LogP contribution in [-0.2, 0) is 6.61 Å². The highest BCUT2D eigenvalue weighted by Gasteiger charge is 2.04. The molecule has 1 aromatic heterocycles. The van der Waals surface area contributed by atoms with Gasteiger partial charge >= 0.3 is 0 Å². The van der Waals surface area contributed by atoms with Crippen molar-refractivity contribution in [2.45, 2.75) is 6.61 Å². The van der Waals surface area contributed by atoms with Gasteiger partial charge in [0.25, 0.3) is 0 Å². The summed E-state index contributed by atoms with van der Waals surface area (Å²) in [7, 11) is 0. The summed E-state index contributed by atoms with van der Waals surface area (Å²) < 4.78 is 5.54. The Labute approximate surface area is 115 Å². The summed E-state index contributed by atoms with van der Waals surface area (Å²) in [6.07, 6.45) is 1.57. The third-order valence-electron chi connectivity index (χ3n) is 2.25. The molecular weight excluding hydrogens is 271 g/mol. The lowest BCUT2D eigenvalue weighted by atomic mass is 10.2. The lowest BCUT2D eigenvalue weighted by molar-refractivity contribution is 0.306. The molecule has 3 nitrogen and oxygen atoms in total. The minimum Gasteiger partial charge on any atom is -0.489 e. The fourth-order valence-corrected chi connectivity index (χ4v) is 1.78. The number of nitrogens with zero attached hydrogens (tertiary/aromatic N) is 2. The molecule has 0 aliphatic rings. The Morgan fingerprint density at radius 1 is 1.28 bits per heavy atom. The molecule has 0 atom stereocenters. The van der Waals surface area contributed by atoms with Crippen molar-refractivity contribution in [3.05, 3.63) is 57.8 Å². The second kappa shape index (κ2) is 5.72. The molecule has 0 amide bonds. The first-order valence-corrected chi connectivity index (χ1v) is 5.87. The number of aromatic nitrogens is 1. The molecule has 0 radical (unpaired) electrons. The summed E-state index contributed by atoms with van der Waals surface area (Å²) in [6.45, 7) is 0.276. The first-order chi connectivity index (χ1) is 8.69. The van der Waals surface area contributed by atoms with Crippen molar-refractivity contribution >= 4 is 23.2 Å². The van der Waals surface area contributed by atoms with Crippen LogP contribution in [0.5, 0.6) is 5.75 Å². The van der Waals surface area contributed by atoms with Crippen molar-refractivity contribution in [1.82, 2.24) is 4.98 Å². The Kier molecular flexibility index (Phi) is 4.03. The topological polar surface area (TPSA) is 45.9 Å². The molecule has 1 heterocycles. The van der Waals surface area contributed by atoms with Gasteiger partial charge in [-0.05, 0) is 24.3 Å². The molecule has 0 N–H and O–H groups in total. The number of benzene rings is 1. The molecule has 2 aromatic rings. The van der Waals surface area contributed by atoms with E-state index < -0.39 is 0 Å². The number of hydrogen-bond acceptors (Lipinski definition) is 3. The van der Waals surface area contributed by atoms with Crippen molar-refractivity contribution in [3.8, 4) is 11.8 Å². The van der Waals surface area contributed by atoms with Gasteiger partial charge in [-0.2, -0.15) is 5.26 Å². The van der Waals surface area contributed by atoms with E-state index in [2.05, 4.69) is 4.98 Å². The zero-order valence-electron chi connectivity index (χ0n) is 9.23. The fraction of sp³-hybridized carbons (Fsp3) is 0.0769. The first kappa shape index (κ1) is 12.7. The summed E-state index contributed by atoms with van der Waals surface area (Å²) in [5.41, 5.74) is 1.29. The van der Waals surface area contributed by atoms with Crippen LogP contribution in [0.4, 0.5) is 0 Å². The molecule has 0 aliphatic heterocycles. The van der Waals surface area contributed by atoms with E-state index in [9.17, 15) is 0 Å². The van der Waals surface area contributed by atoms with Gasteiger partial charge in [0.05, 0.1) is 16.7 Å². The predicted octanol–water partition coefficient (Wildman–Crippen LogP) is 3.84. The lowest BCUT2D eigenvalue weighted by Gasteiger charge is -2.07. The molecule has 0 spiro atoms. The lowest BCUT2D eigenvalue weighted by Crippen LogP contribution is -1.97. The zero-order chi connectivity index (χ0) is 13.0. The summed E-state index contributed by atoms with van der Waals surface area (Å²) in [4.78, 5) is 3.93. The van der Waals surface area contributed by atoms with Gasteiger partial charge in [0.15, 0.2) is 0 Å². The Bertz CT molecular complexity index is 608. The van der Waals surface area contributed by atoms with Gasteiger partial charge in [-0.1, -0.05) is 29.3 Å². The molecular formula is C13H8Cl2N2O. The SMILES string of the molecule is N#Cc1cccc(OCc2cnc(Cl)cc2Cl)c1. The standard InChI is InChI=1S/C13H8Cl2N2O/c14-12-5-13(15)17-7-10(12)8-18-11-3-1-2-9(4-11)6-16/h1-5,7H,8H2. The monoisotopic (exact) mass is 278 g/mol. The molecule has 5 heteroatoms. The summed E-state index contributed by atoms with van der Waals surface area (Å²) >= 11 is 11.7. The van der Waals surface area contributed by atoms with Crippen LogP contribution in [0.25, 0.3) is 0 Å². The van der Waals surface area contributed by atoms with E-state index in [-0.39, 0.29) is 6.61 Å². The second-order valence-electron chi connectivity index (χ2n) is 3.53. The highest BCUT2D eigenvalue weighted by atomic mass is 35.5. The second-order valence-corrected chi connectivity index (χ2v) is 4.32. The molecule has 0 saturated heterocycles. The van der Waals surface area contributed by atoms with Gasteiger partial charge < -0.3 is 4.74 Å². The fourth-order valence-electron chi connectivity index (χ4n) is 1.36. The molecule has 0 unspecified atom stereocenters. The van der Waals surface area contributed by atoms with E-state index in [1.54, 1.807) is 36.5 Å². The van der Waals surface area contributed by atoms with Crippen molar-refractivity contribution in [2.75, 3.05) is 0 Å². The summed E-state index contributed by atoms with van der Waals surface area (Å²) in [5.74, 6) is 0.611. The quantitative estimate of drug-likeness (QED) is 0.802. The van der Waals surface area contributed by atoms with Crippen LogP contribution < -0.4 is 4.74 Å². The van der Waals surface area contributed by atoms with Crippen LogP contribution >= 0.6 is 23.2 Å². The van der Waals surface area contributed by atoms with Gasteiger partial charge in [-0.15, -0.1) is 0 Å². The molecule has 0 aliphatic carbocycles. The normalized spacial score (nSPS) is 9.83. The van der Waals surface area contributed by atoms with Crippen LogP contribution in [0.2, 0.25) is 10.2 Å². The number of hydrogen-bond donors (Lipinski definition) is 0. The van der Waals surface area contributed by atoms with Crippen molar-refractivity contribution in [1.29, 1.82) is 5.26 Å². The maximum atomic E-state index is 8.77. The van der Waals surface area contributed by atoms with E-state index in [4.69, 9.17) is 33.2 Å². The van der Waals surface area contributed by atoms with Crippen LogP contribution in [-0.4, -0.2) is 4.98 Å². The average molecular weight is 279 g/mol. The van der Waals surface area contributed by atoms with E-state index in [0.717, 1.165) is 5.56 Å². The van der Waals surface area contributed by atoms with Crippen LogP contribution in [0.1, 0.15) is 11.1 Å². The van der Waals surface area contributed by atoms with Gasteiger partial charge in [-0.25, -0.2) is 4.98 Å². The van der Waals surface area contributed by atoms with E-state index in [0.29, 0.717) is 21.5 Å². The Morgan fingerprint density at radius 3 is 2.83 bits per heavy atom. The summed E-state index contributed by atoms with van der Waals surface area (Å²) in [5, 5.41) is 9.62. The maximum Gasteiger partial charge on any atom is 0.130 e. The Hall–Kier alpha value is -1.76. The highest BCUT2D eigenvalue weighted by Crippen LogP contribution is 2.21. The van der Waals surface area contributed by atoms with E-state index >= 15 is 0 Å². The number of ether oxygens (including phenoxy) is 1. The minimum absolute atomic E-state index is 0.276. The number of halogens is 2. The average Bonchev–Trinajstić information content (AvgIpc) is 2.38. The predicted molar refractivity (Wildman–Crippen MR) is 69.7 cm³/mol. The molecule has 90 valence electrons. The summed E-state index contributed by atoms with van der Waals surface area (Å²) in [6, 6.07) is 10.5. The highest BCUT2D eigenvalue weighted by molar-refractivity contribution is 6.34. The number of rotatable bonds is 3. The molecule has 18 heavy (non-hydrogen) atoms.